The Labute approximate surface area is 111 Å². The molecule has 4 nitrogen and oxygen atoms in total. The molecular formula is C15H15NO3. The number of benzene rings is 1. The molecule has 0 unspecified atom stereocenters. The van der Waals surface area contributed by atoms with Crippen LogP contribution in [0.1, 0.15) is 23.2 Å². The van der Waals surface area contributed by atoms with E-state index < -0.39 is 5.97 Å². The molecule has 1 N–H and O–H groups in total. The number of aromatic nitrogens is 1. The first kappa shape index (κ1) is 13.1. The Morgan fingerprint density at radius 1 is 1.42 bits per heavy atom. The van der Waals surface area contributed by atoms with Crippen molar-refractivity contribution in [2.45, 2.75) is 12.8 Å². The first-order chi connectivity index (χ1) is 9.24. The van der Waals surface area contributed by atoms with Gasteiger partial charge in [-0.1, -0.05) is 24.3 Å². The summed E-state index contributed by atoms with van der Waals surface area (Å²) in [5.41, 5.74) is 0.822. The van der Waals surface area contributed by atoms with Crippen LogP contribution in [0.3, 0.4) is 0 Å². The number of carbonyl (C=O) groups is 1. The molecule has 4 heteroatoms. The second-order valence-corrected chi connectivity index (χ2v) is 4.10. The van der Waals surface area contributed by atoms with Gasteiger partial charge in [-0.15, -0.1) is 6.58 Å². The molecule has 0 atom stereocenters. The number of fused-ring (bicyclic) bond motifs is 1. The molecule has 1 aromatic carbocycles. The number of nitrogens with zero attached hydrogens (tertiary/aromatic N) is 1. The summed E-state index contributed by atoms with van der Waals surface area (Å²) in [5, 5.41) is 9.94. The average molecular weight is 257 g/mol. The molecular weight excluding hydrogens is 242 g/mol. The van der Waals surface area contributed by atoms with Crippen LogP contribution < -0.4 is 4.74 Å². The third-order valence-corrected chi connectivity index (χ3v) is 2.76. The van der Waals surface area contributed by atoms with Crippen LogP contribution in [0.4, 0.5) is 0 Å². The molecule has 19 heavy (non-hydrogen) atoms. The van der Waals surface area contributed by atoms with Crippen LogP contribution >= 0.6 is 0 Å². The SMILES string of the molecule is C=CCCCOc1cnc2ccccc2c1C(=O)O. The van der Waals surface area contributed by atoms with E-state index in [0.717, 1.165) is 12.8 Å². The molecule has 1 heterocycles. The van der Waals surface area contributed by atoms with E-state index in [1.54, 1.807) is 24.3 Å². The number of unbranched alkanes of at least 4 members (excludes halogenated alkanes) is 1. The van der Waals surface area contributed by atoms with Crippen LogP contribution in [0.15, 0.2) is 43.1 Å². The van der Waals surface area contributed by atoms with Crippen LogP contribution in [-0.2, 0) is 0 Å². The lowest BCUT2D eigenvalue weighted by atomic mass is 10.1. The zero-order valence-electron chi connectivity index (χ0n) is 10.5. The molecule has 0 saturated carbocycles. The van der Waals surface area contributed by atoms with E-state index in [9.17, 15) is 9.90 Å². The van der Waals surface area contributed by atoms with Crippen molar-refractivity contribution in [3.05, 3.63) is 48.7 Å². The highest BCUT2D eigenvalue weighted by atomic mass is 16.5. The molecule has 98 valence electrons. The molecule has 0 saturated heterocycles. The van der Waals surface area contributed by atoms with Crippen molar-refractivity contribution in [3.8, 4) is 5.75 Å². The highest BCUT2D eigenvalue weighted by Gasteiger charge is 2.16. The van der Waals surface area contributed by atoms with Gasteiger partial charge in [-0.2, -0.15) is 0 Å². The molecule has 2 aromatic rings. The fourth-order valence-corrected chi connectivity index (χ4v) is 1.86. The minimum atomic E-state index is -1.00. The highest BCUT2D eigenvalue weighted by Crippen LogP contribution is 2.26. The summed E-state index contributed by atoms with van der Waals surface area (Å²) in [6.07, 6.45) is 4.92. The van der Waals surface area contributed by atoms with Crippen LogP contribution in [-0.4, -0.2) is 22.7 Å². The number of hydrogen-bond acceptors (Lipinski definition) is 3. The lowest BCUT2D eigenvalue weighted by molar-refractivity contribution is 0.0694. The zero-order valence-corrected chi connectivity index (χ0v) is 10.5. The maximum Gasteiger partial charge on any atom is 0.340 e. The van der Waals surface area contributed by atoms with Crippen molar-refractivity contribution in [3.63, 3.8) is 0 Å². The molecule has 1 aromatic heterocycles. The number of hydrogen-bond donors (Lipinski definition) is 1. The maximum atomic E-state index is 11.4. The lowest BCUT2D eigenvalue weighted by Gasteiger charge is -2.10. The Bertz CT molecular complexity index is 607. The minimum Gasteiger partial charge on any atom is -0.491 e. The quantitative estimate of drug-likeness (QED) is 0.637. The lowest BCUT2D eigenvalue weighted by Crippen LogP contribution is -2.06. The van der Waals surface area contributed by atoms with Crippen LogP contribution in [0, 0.1) is 0 Å². The molecule has 0 aliphatic carbocycles. The Morgan fingerprint density at radius 3 is 2.95 bits per heavy atom. The molecule has 0 aliphatic heterocycles. The van der Waals surface area contributed by atoms with Crippen molar-refractivity contribution in [2.75, 3.05) is 6.61 Å². The fraction of sp³-hybridized carbons (Fsp3) is 0.200. The Balaban J connectivity index is 2.34. The summed E-state index contributed by atoms with van der Waals surface area (Å²) in [6, 6.07) is 7.13. The normalized spacial score (nSPS) is 10.3. The van der Waals surface area contributed by atoms with E-state index in [1.165, 1.54) is 6.20 Å². The van der Waals surface area contributed by atoms with Gasteiger partial charge < -0.3 is 9.84 Å². The third kappa shape index (κ3) is 2.91. The molecule has 0 bridgehead atoms. The van der Waals surface area contributed by atoms with Crippen molar-refractivity contribution in [1.29, 1.82) is 0 Å². The summed E-state index contributed by atoms with van der Waals surface area (Å²) >= 11 is 0. The minimum absolute atomic E-state index is 0.171. The van der Waals surface area contributed by atoms with E-state index in [-0.39, 0.29) is 5.56 Å². The first-order valence-corrected chi connectivity index (χ1v) is 6.08. The van der Waals surface area contributed by atoms with Gasteiger partial charge in [0, 0.05) is 5.39 Å². The number of carboxylic acids is 1. The Hall–Kier alpha value is -2.36. The Morgan fingerprint density at radius 2 is 2.21 bits per heavy atom. The summed E-state index contributed by atoms with van der Waals surface area (Å²) in [5.74, 6) is -0.687. The standard InChI is InChI=1S/C15H15NO3/c1-2-3-6-9-19-13-10-16-12-8-5-4-7-11(12)14(13)15(17)18/h2,4-5,7-8,10H,1,3,6,9H2,(H,17,18). The zero-order chi connectivity index (χ0) is 13.7. The van der Waals surface area contributed by atoms with Gasteiger partial charge in [0.2, 0.25) is 0 Å². The largest absolute Gasteiger partial charge is 0.491 e. The highest BCUT2D eigenvalue weighted by molar-refractivity contribution is 6.04. The molecule has 0 aliphatic rings. The molecule has 0 amide bonds. The van der Waals surface area contributed by atoms with Gasteiger partial charge in [-0.3, -0.25) is 4.98 Å². The van der Waals surface area contributed by atoms with Gasteiger partial charge in [-0.05, 0) is 18.9 Å². The number of aromatic carboxylic acids is 1. The van der Waals surface area contributed by atoms with Crippen molar-refractivity contribution in [1.82, 2.24) is 4.98 Å². The fourth-order valence-electron chi connectivity index (χ4n) is 1.86. The molecule has 0 radical (unpaired) electrons. The van der Waals surface area contributed by atoms with Crippen LogP contribution in [0.25, 0.3) is 10.9 Å². The van der Waals surface area contributed by atoms with E-state index in [1.807, 2.05) is 6.07 Å². The molecule has 2 rings (SSSR count). The predicted octanol–water partition coefficient (Wildman–Crippen LogP) is 3.28. The van der Waals surface area contributed by atoms with E-state index >= 15 is 0 Å². The number of rotatable bonds is 6. The van der Waals surface area contributed by atoms with Gasteiger partial charge in [0.1, 0.15) is 5.56 Å². The number of ether oxygens (including phenoxy) is 1. The number of para-hydroxylation sites is 1. The maximum absolute atomic E-state index is 11.4. The van der Waals surface area contributed by atoms with Gasteiger partial charge in [0.15, 0.2) is 5.75 Å². The van der Waals surface area contributed by atoms with Gasteiger partial charge >= 0.3 is 5.97 Å². The first-order valence-electron chi connectivity index (χ1n) is 6.08. The summed E-state index contributed by atoms with van der Waals surface area (Å²) < 4.78 is 5.52. The molecule has 0 fully saturated rings. The van der Waals surface area contributed by atoms with Gasteiger partial charge in [-0.25, -0.2) is 4.79 Å². The summed E-state index contributed by atoms with van der Waals surface area (Å²) in [7, 11) is 0. The summed E-state index contributed by atoms with van der Waals surface area (Å²) in [6.45, 7) is 4.08. The third-order valence-electron chi connectivity index (χ3n) is 2.76. The number of carboxylic acid groups (broad SMARTS) is 1. The monoisotopic (exact) mass is 257 g/mol. The number of pyridine rings is 1. The van der Waals surface area contributed by atoms with Crippen molar-refractivity contribution < 1.29 is 14.6 Å². The van der Waals surface area contributed by atoms with Crippen LogP contribution in [0.2, 0.25) is 0 Å². The van der Waals surface area contributed by atoms with E-state index in [0.29, 0.717) is 23.3 Å². The van der Waals surface area contributed by atoms with E-state index in [2.05, 4.69) is 11.6 Å². The summed E-state index contributed by atoms with van der Waals surface area (Å²) in [4.78, 5) is 15.6. The Kier molecular flexibility index (Phi) is 4.13. The van der Waals surface area contributed by atoms with Crippen LogP contribution in [0.5, 0.6) is 5.75 Å². The second kappa shape index (κ2) is 6.00. The topological polar surface area (TPSA) is 59.4 Å². The second-order valence-electron chi connectivity index (χ2n) is 4.10. The number of allylic oxidation sites excluding steroid dienone is 1. The van der Waals surface area contributed by atoms with Crippen molar-refractivity contribution in [2.24, 2.45) is 0 Å². The molecule has 0 spiro atoms. The van der Waals surface area contributed by atoms with Crippen molar-refractivity contribution >= 4 is 16.9 Å². The average Bonchev–Trinajstić information content (AvgIpc) is 2.42. The van der Waals surface area contributed by atoms with Gasteiger partial charge in [0.25, 0.3) is 0 Å². The predicted molar refractivity (Wildman–Crippen MR) is 73.6 cm³/mol. The van der Waals surface area contributed by atoms with Gasteiger partial charge in [0.05, 0.1) is 18.3 Å². The van der Waals surface area contributed by atoms with E-state index in [4.69, 9.17) is 4.74 Å². The smallest absolute Gasteiger partial charge is 0.340 e.